The van der Waals surface area contributed by atoms with E-state index in [-0.39, 0.29) is 19.1 Å². The Morgan fingerprint density at radius 2 is 2.14 bits per heavy atom. The minimum atomic E-state index is -4.21. The molecule has 1 N–H and O–H groups in total. The van der Waals surface area contributed by atoms with Crippen molar-refractivity contribution in [3.8, 4) is 5.75 Å². The number of nitrogens with zero attached hydrogens (tertiary/aromatic N) is 1. The standard InChI is InChI=1S/C15H19F3N2O2/c1-11-9-12(20-7-2-3-14(20)21)4-5-13(11)22-8-6-19-10-15(16,17)18/h4-5,9,19H,2-3,6-8,10H2,1H3. The second-order valence-corrected chi connectivity index (χ2v) is 5.24. The highest BCUT2D eigenvalue weighted by atomic mass is 19.4. The number of alkyl halides is 3. The van der Waals surface area contributed by atoms with Crippen LogP contribution in [0.25, 0.3) is 0 Å². The number of anilines is 1. The highest BCUT2D eigenvalue weighted by Crippen LogP contribution is 2.27. The second kappa shape index (κ2) is 7.00. The SMILES string of the molecule is Cc1cc(N2CCCC2=O)ccc1OCCNCC(F)(F)F. The van der Waals surface area contributed by atoms with Gasteiger partial charge in [-0.2, -0.15) is 13.2 Å². The number of benzene rings is 1. The van der Waals surface area contributed by atoms with Crippen molar-refractivity contribution in [2.45, 2.75) is 25.9 Å². The number of ether oxygens (including phenoxy) is 1. The summed E-state index contributed by atoms with van der Waals surface area (Å²) in [5.41, 5.74) is 1.69. The lowest BCUT2D eigenvalue weighted by atomic mass is 10.2. The van der Waals surface area contributed by atoms with Gasteiger partial charge in [-0.15, -0.1) is 0 Å². The Morgan fingerprint density at radius 3 is 2.73 bits per heavy atom. The fourth-order valence-electron chi connectivity index (χ4n) is 2.35. The molecule has 1 aromatic rings. The van der Waals surface area contributed by atoms with E-state index >= 15 is 0 Å². The van der Waals surface area contributed by atoms with Gasteiger partial charge in [0.15, 0.2) is 0 Å². The molecular formula is C15H19F3N2O2. The quantitative estimate of drug-likeness (QED) is 0.821. The predicted molar refractivity (Wildman–Crippen MR) is 77.2 cm³/mol. The molecule has 0 aromatic heterocycles. The number of halogens is 3. The van der Waals surface area contributed by atoms with Gasteiger partial charge in [-0.3, -0.25) is 4.79 Å². The molecule has 1 aromatic carbocycles. The summed E-state index contributed by atoms with van der Waals surface area (Å²) >= 11 is 0. The molecule has 0 saturated carbocycles. The van der Waals surface area contributed by atoms with Crippen molar-refractivity contribution >= 4 is 11.6 Å². The Labute approximate surface area is 127 Å². The molecule has 1 fully saturated rings. The molecule has 1 amide bonds. The van der Waals surface area contributed by atoms with Crippen LogP contribution < -0.4 is 15.0 Å². The van der Waals surface area contributed by atoms with Gasteiger partial charge < -0.3 is 15.0 Å². The Morgan fingerprint density at radius 1 is 1.36 bits per heavy atom. The van der Waals surface area contributed by atoms with Crippen molar-refractivity contribution in [1.29, 1.82) is 0 Å². The largest absolute Gasteiger partial charge is 0.492 e. The Hall–Kier alpha value is -1.76. The molecule has 0 bridgehead atoms. The normalized spacial score (nSPS) is 15.5. The summed E-state index contributed by atoms with van der Waals surface area (Å²) in [7, 11) is 0. The molecule has 1 saturated heterocycles. The van der Waals surface area contributed by atoms with E-state index in [9.17, 15) is 18.0 Å². The van der Waals surface area contributed by atoms with Crippen molar-refractivity contribution < 1.29 is 22.7 Å². The molecule has 0 atom stereocenters. The van der Waals surface area contributed by atoms with E-state index in [1.165, 1.54) is 0 Å². The van der Waals surface area contributed by atoms with E-state index in [1.54, 1.807) is 17.0 Å². The molecule has 2 rings (SSSR count). The third-order valence-corrected chi connectivity index (χ3v) is 3.41. The average molecular weight is 316 g/mol. The van der Waals surface area contributed by atoms with Gasteiger partial charge in [-0.1, -0.05) is 0 Å². The maximum atomic E-state index is 12.0. The summed E-state index contributed by atoms with van der Waals surface area (Å²) in [6.45, 7) is 1.82. The van der Waals surface area contributed by atoms with E-state index in [0.29, 0.717) is 12.2 Å². The van der Waals surface area contributed by atoms with E-state index in [2.05, 4.69) is 5.32 Å². The van der Waals surface area contributed by atoms with Crippen LogP contribution in [0.4, 0.5) is 18.9 Å². The first-order valence-electron chi connectivity index (χ1n) is 7.18. The van der Waals surface area contributed by atoms with Crippen molar-refractivity contribution in [2.75, 3.05) is 31.1 Å². The highest BCUT2D eigenvalue weighted by Gasteiger charge is 2.26. The number of carbonyl (C=O) groups is 1. The first kappa shape index (κ1) is 16.6. The summed E-state index contributed by atoms with van der Waals surface area (Å²) in [5, 5.41) is 2.27. The summed E-state index contributed by atoms with van der Waals surface area (Å²) in [6.07, 6.45) is -2.77. The van der Waals surface area contributed by atoms with E-state index in [4.69, 9.17) is 4.74 Å². The van der Waals surface area contributed by atoms with Crippen LogP contribution in [-0.2, 0) is 4.79 Å². The molecule has 0 radical (unpaired) electrons. The van der Waals surface area contributed by atoms with Crippen molar-refractivity contribution in [1.82, 2.24) is 5.32 Å². The van der Waals surface area contributed by atoms with Gasteiger partial charge in [0.25, 0.3) is 0 Å². The zero-order valence-corrected chi connectivity index (χ0v) is 12.4. The minimum absolute atomic E-state index is 0.115. The second-order valence-electron chi connectivity index (χ2n) is 5.24. The topological polar surface area (TPSA) is 41.6 Å². The Kier molecular flexibility index (Phi) is 5.28. The number of nitrogens with one attached hydrogen (secondary N) is 1. The molecule has 7 heteroatoms. The lowest BCUT2D eigenvalue weighted by Crippen LogP contribution is -2.31. The van der Waals surface area contributed by atoms with Gasteiger partial charge in [0.05, 0.1) is 6.54 Å². The number of hydrogen-bond donors (Lipinski definition) is 1. The van der Waals surface area contributed by atoms with Gasteiger partial charge in [-0.25, -0.2) is 0 Å². The van der Waals surface area contributed by atoms with Crippen molar-refractivity contribution in [3.05, 3.63) is 23.8 Å². The molecule has 0 spiro atoms. The van der Waals surface area contributed by atoms with E-state index < -0.39 is 12.7 Å². The molecular weight excluding hydrogens is 297 g/mol. The van der Waals surface area contributed by atoms with Crippen LogP contribution in [-0.4, -0.2) is 38.3 Å². The first-order chi connectivity index (χ1) is 10.4. The van der Waals surface area contributed by atoms with Crippen LogP contribution >= 0.6 is 0 Å². The van der Waals surface area contributed by atoms with Crippen LogP contribution in [0, 0.1) is 6.92 Å². The van der Waals surface area contributed by atoms with Crippen LogP contribution in [0.15, 0.2) is 18.2 Å². The van der Waals surface area contributed by atoms with E-state index in [0.717, 1.165) is 24.2 Å². The number of amides is 1. The van der Waals surface area contributed by atoms with Gasteiger partial charge >= 0.3 is 6.18 Å². The number of rotatable bonds is 6. The first-order valence-corrected chi connectivity index (χ1v) is 7.18. The molecule has 0 unspecified atom stereocenters. The number of hydrogen-bond acceptors (Lipinski definition) is 3. The smallest absolute Gasteiger partial charge is 0.401 e. The highest BCUT2D eigenvalue weighted by molar-refractivity contribution is 5.95. The molecule has 0 aliphatic carbocycles. The summed E-state index contributed by atoms with van der Waals surface area (Å²) < 4.78 is 41.3. The average Bonchev–Trinajstić information content (AvgIpc) is 2.85. The maximum absolute atomic E-state index is 12.0. The number of aryl methyl sites for hydroxylation is 1. The summed E-state index contributed by atoms with van der Waals surface area (Å²) in [4.78, 5) is 13.4. The molecule has 1 aliphatic rings. The zero-order chi connectivity index (χ0) is 16.2. The fourth-order valence-corrected chi connectivity index (χ4v) is 2.35. The van der Waals surface area contributed by atoms with Crippen LogP contribution in [0.1, 0.15) is 18.4 Å². The van der Waals surface area contributed by atoms with E-state index in [1.807, 2.05) is 13.0 Å². The van der Waals surface area contributed by atoms with Gasteiger partial charge in [0.2, 0.25) is 5.91 Å². The van der Waals surface area contributed by atoms with Crippen LogP contribution in [0.3, 0.4) is 0 Å². The Bertz CT molecular complexity index is 532. The molecule has 1 aliphatic heterocycles. The monoisotopic (exact) mass is 316 g/mol. The summed E-state index contributed by atoms with van der Waals surface area (Å²) in [6, 6.07) is 5.41. The molecule has 122 valence electrons. The fraction of sp³-hybridized carbons (Fsp3) is 0.533. The van der Waals surface area contributed by atoms with Crippen molar-refractivity contribution in [3.63, 3.8) is 0 Å². The van der Waals surface area contributed by atoms with Gasteiger partial charge in [0.1, 0.15) is 12.4 Å². The van der Waals surface area contributed by atoms with Crippen molar-refractivity contribution in [2.24, 2.45) is 0 Å². The lowest BCUT2D eigenvalue weighted by molar-refractivity contribution is -0.124. The van der Waals surface area contributed by atoms with Gasteiger partial charge in [0, 0.05) is 25.2 Å². The predicted octanol–water partition coefficient (Wildman–Crippen LogP) is 2.65. The lowest BCUT2D eigenvalue weighted by Gasteiger charge is -2.18. The number of carbonyl (C=O) groups excluding carboxylic acids is 1. The maximum Gasteiger partial charge on any atom is 0.401 e. The van der Waals surface area contributed by atoms with Gasteiger partial charge in [-0.05, 0) is 37.1 Å². The molecule has 22 heavy (non-hydrogen) atoms. The third kappa shape index (κ3) is 4.62. The molecule has 4 nitrogen and oxygen atoms in total. The summed E-state index contributed by atoms with van der Waals surface area (Å²) in [5.74, 6) is 0.730. The zero-order valence-electron chi connectivity index (χ0n) is 12.4. The van der Waals surface area contributed by atoms with Crippen LogP contribution in [0.2, 0.25) is 0 Å². The Balaban J connectivity index is 1.84. The molecule has 1 heterocycles. The third-order valence-electron chi connectivity index (χ3n) is 3.41. The van der Waals surface area contributed by atoms with Crippen LogP contribution in [0.5, 0.6) is 5.75 Å². The minimum Gasteiger partial charge on any atom is -0.492 e.